The molecule has 2 aliphatic rings. The lowest BCUT2D eigenvalue weighted by atomic mass is 9.73. The molecule has 0 radical (unpaired) electrons. The van der Waals surface area contributed by atoms with E-state index in [0.717, 1.165) is 63.8 Å². The second-order valence-electron chi connectivity index (χ2n) is 6.47. The maximum absolute atomic E-state index is 13.3. The number of anilines is 1. The average Bonchev–Trinajstić information content (AvgIpc) is 2.55. The van der Waals surface area contributed by atoms with Gasteiger partial charge in [0.25, 0.3) is 0 Å². The summed E-state index contributed by atoms with van der Waals surface area (Å²) < 4.78 is 0. The molecule has 114 valence electrons. The summed E-state index contributed by atoms with van der Waals surface area (Å²) >= 11 is 0. The van der Waals surface area contributed by atoms with Gasteiger partial charge in [-0.05, 0) is 56.8 Å². The first-order valence-electron chi connectivity index (χ1n) is 8.37. The number of rotatable bonds is 3. The van der Waals surface area contributed by atoms with Gasteiger partial charge in [-0.3, -0.25) is 4.79 Å². The standard InChI is InChI=1S/C18H26N2O/c1-2-9-18(10-12-19-13-11-18)17(21)20-14-5-7-15-6-3-4-8-16(15)20/h3-4,6,8,19H,2,5,7,9-14H2,1H3. The third-order valence-electron chi connectivity index (χ3n) is 5.10. The number of para-hydroxylation sites is 1. The highest BCUT2D eigenvalue weighted by atomic mass is 16.2. The summed E-state index contributed by atoms with van der Waals surface area (Å²) in [6.45, 7) is 5.03. The van der Waals surface area contributed by atoms with Crippen LogP contribution in [0, 0.1) is 5.41 Å². The molecule has 21 heavy (non-hydrogen) atoms. The van der Waals surface area contributed by atoms with Gasteiger partial charge in [-0.1, -0.05) is 31.5 Å². The first-order valence-corrected chi connectivity index (χ1v) is 8.37. The van der Waals surface area contributed by atoms with Crippen molar-refractivity contribution in [2.75, 3.05) is 24.5 Å². The summed E-state index contributed by atoms with van der Waals surface area (Å²) in [5.41, 5.74) is 2.35. The summed E-state index contributed by atoms with van der Waals surface area (Å²) in [6.07, 6.45) is 6.26. The molecule has 2 aliphatic heterocycles. The van der Waals surface area contributed by atoms with E-state index in [-0.39, 0.29) is 5.41 Å². The SMILES string of the molecule is CCCC1(C(=O)N2CCCc3ccccc32)CCNCC1. The Morgan fingerprint density at radius 2 is 2.05 bits per heavy atom. The highest BCUT2D eigenvalue weighted by molar-refractivity contribution is 5.98. The van der Waals surface area contributed by atoms with Crippen molar-refractivity contribution >= 4 is 11.6 Å². The minimum atomic E-state index is -0.134. The van der Waals surface area contributed by atoms with Crippen LogP contribution in [0.25, 0.3) is 0 Å². The van der Waals surface area contributed by atoms with E-state index >= 15 is 0 Å². The van der Waals surface area contributed by atoms with Crippen molar-refractivity contribution < 1.29 is 4.79 Å². The number of hydrogen-bond donors (Lipinski definition) is 1. The van der Waals surface area contributed by atoms with Crippen LogP contribution in [0.3, 0.4) is 0 Å². The molecule has 2 heterocycles. The van der Waals surface area contributed by atoms with Crippen LogP contribution >= 0.6 is 0 Å². The number of nitrogens with zero attached hydrogens (tertiary/aromatic N) is 1. The average molecular weight is 286 g/mol. The number of hydrogen-bond acceptors (Lipinski definition) is 2. The molecule has 3 rings (SSSR count). The van der Waals surface area contributed by atoms with E-state index in [4.69, 9.17) is 0 Å². The molecular weight excluding hydrogens is 260 g/mol. The molecule has 1 N–H and O–H groups in total. The van der Waals surface area contributed by atoms with Gasteiger partial charge >= 0.3 is 0 Å². The van der Waals surface area contributed by atoms with E-state index in [1.165, 1.54) is 5.56 Å². The largest absolute Gasteiger partial charge is 0.317 e. The lowest BCUT2D eigenvalue weighted by molar-refractivity contribution is -0.130. The molecule has 0 saturated carbocycles. The van der Waals surface area contributed by atoms with Gasteiger partial charge in [0, 0.05) is 12.2 Å². The van der Waals surface area contributed by atoms with Gasteiger partial charge in [0.05, 0.1) is 5.41 Å². The predicted molar refractivity (Wildman–Crippen MR) is 86.6 cm³/mol. The maximum Gasteiger partial charge on any atom is 0.233 e. The number of amides is 1. The van der Waals surface area contributed by atoms with Gasteiger partial charge in [-0.25, -0.2) is 0 Å². The number of carbonyl (C=O) groups is 1. The molecule has 0 aliphatic carbocycles. The summed E-state index contributed by atoms with van der Waals surface area (Å²) in [7, 11) is 0. The van der Waals surface area contributed by atoms with Crippen molar-refractivity contribution in [2.24, 2.45) is 5.41 Å². The van der Waals surface area contributed by atoms with Crippen molar-refractivity contribution in [1.29, 1.82) is 0 Å². The quantitative estimate of drug-likeness (QED) is 0.926. The zero-order chi connectivity index (χ0) is 14.7. The molecule has 3 heteroatoms. The molecule has 0 spiro atoms. The first kappa shape index (κ1) is 14.6. The summed E-state index contributed by atoms with van der Waals surface area (Å²) in [6, 6.07) is 8.43. The molecule has 1 aromatic carbocycles. The molecule has 0 atom stereocenters. The lowest BCUT2D eigenvalue weighted by Gasteiger charge is -2.41. The molecule has 1 aromatic rings. The number of carbonyl (C=O) groups excluding carboxylic acids is 1. The third kappa shape index (κ3) is 2.71. The lowest BCUT2D eigenvalue weighted by Crippen LogP contribution is -2.50. The maximum atomic E-state index is 13.3. The molecule has 1 saturated heterocycles. The number of nitrogens with one attached hydrogen (secondary N) is 1. The highest BCUT2D eigenvalue weighted by Gasteiger charge is 2.42. The van der Waals surface area contributed by atoms with Crippen molar-refractivity contribution in [2.45, 2.75) is 45.4 Å². The topological polar surface area (TPSA) is 32.3 Å². The Balaban J connectivity index is 1.90. The van der Waals surface area contributed by atoms with E-state index in [1.807, 2.05) is 0 Å². The minimum Gasteiger partial charge on any atom is -0.317 e. The van der Waals surface area contributed by atoms with Gasteiger partial charge in [0.15, 0.2) is 0 Å². The number of piperidine rings is 1. The summed E-state index contributed by atoms with van der Waals surface area (Å²) in [5.74, 6) is 0.373. The molecule has 0 bridgehead atoms. The Hall–Kier alpha value is -1.35. The fourth-order valence-electron chi connectivity index (χ4n) is 3.99. The molecular formula is C18H26N2O. The minimum absolute atomic E-state index is 0.134. The highest BCUT2D eigenvalue weighted by Crippen LogP contribution is 2.39. The zero-order valence-corrected chi connectivity index (χ0v) is 13.0. The van der Waals surface area contributed by atoms with Gasteiger partial charge < -0.3 is 10.2 Å². The van der Waals surface area contributed by atoms with Crippen LogP contribution in [0.2, 0.25) is 0 Å². The zero-order valence-electron chi connectivity index (χ0n) is 13.0. The molecule has 1 fully saturated rings. The van der Waals surface area contributed by atoms with Crippen LogP contribution in [-0.2, 0) is 11.2 Å². The number of aryl methyl sites for hydroxylation is 1. The van der Waals surface area contributed by atoms with Crippen molar-refractivity contribution in [3.8, 4) is 0 Å². The van der Waals surface area contributed by atoms with E-state index in [2.05, 4.69) is 41.4 Å². The second kappa shape index (κ2) is 6.18. The fraction of sp³-hybridized carbons (Fsp3) is 0.611. The fourth-order valence-corrected chi connectivity index (χ4v) is 3.99. The monoisotopic (exact) mass is 286 g/mol. The van der Waals surface area contributed by atoms with E-state index in [0.29, 0.717) is 5.91 Å². The van der Waals surface area contributed by atoms with E-state index in [1.54, 1.807) is 0 Å². The number of fused-ring (bicyclic) bond motifs is 1. The normalized spacial score (nSPS) is 20.9. The molecule has 3 nitrogen and oxygen atoms in total. The van der Waals surface area contributed by atoms with Crippen molar-refractivity contribution in [3.05, 3.63) is 29.8 Å². The van der Waals surface area contributed by atoms with Gasteiger partial charge in [0.1, 0.15) is 0 Å². The molecule has 0 aromatic heterocycles. The molecule has 0 unspecified atom stereocenters. The summed E-state index contributed by atoms with van der Waals surface area (Å²) in [5, 5.41) is 3.40. The third-order valence-corrected chi connectivity index (χ3v) is 5.10. The van der Waals surface area contributed by atoms with Crippen molar-refractivity contribution in [3.63, 3.8) is 0 Å². The van der Waals surface area contributed by atoms with E-state index < -0.39 is 0 Å². The van der Waals surface area contributed by atoms with Crippen LogP contribution in [0.1, 0.15) is 44.6 Å². The van der Waals surface area contributed by atoms with Gasteiger partial charge in [-0.15, -0.1) is 0 Å². The van der Waals surface area contributed by atoms with Gasteiger partial charge in [0.2, 0.25) is 5.91 Å². The van der Waals surface area contributed by atoms with Gasteiger partial charge in [-0.2, -0.15) is 0 Å². The van der Waals surface area contributed by atoms with Crippen LogP contribution in [0.5, 0.6) is 0 Å². The predicted octanol–water partition coefficient (Wildman–Crippen LogP) is 3.14. The van der Waals surface area contributed by atoms with Crippen LogP contribution in [0.4, 0.5) is 5.69 Å². The Kier molecular flexibility index (Phi) is 4.29. The van der Waals surface area contributed by atoms with Crippen LogP contribution in [0.15, 0.2) is 24.3 Å². The summed E-state index contributed by atoms with van der Waals surface area (Å²) in [4.78, 5) is 15.4. The van der Waals surface area contributed by atoms with Crippen LogP contribution < -0.4 is 10.2 Å². The van der Waals surface area contributed by atoms with Crippen LogP contribution in [-0.4, -0.2) is 25.5 Å². The second-order valence-corrected chi connectivity index (χ2v) is 6.47. The number of benzene rings is 1. The Morgan fingerprint density at radius 1 is 1.29 bits per heavy atom. The van der Waals surface area contributed by atoms with Crippen molar-refractivity contribution in [1.82, 2.24) is 5.32 Å². The first-order chi connectivity index (χ1) is 10.3. The smallest absolute Gasteiger partial charge is 0.233 e. The Bertz CT molecular complexity index is 500. The van der Waals surface area contributed by atoms with E-state index in [9.17, 15) is 4.79 Å². The molecule has 1 amide bonds. The Labute approximate surface area is 127 Å². The Morgan fingerprint density at radius 3 is 2.81 bits per heavy atom.